The van der Waals surface area contributed by atoms with Crippen LogP contribution in [-0.2, 0) is 0 Å². The summed E-state index contributed by atoms with van der Waals surface area (Å²) in [4.78, 5) is 16.3. The van der Waals surface area contributed by atoms with Crippen molar-refractivity contribution >= 4 is 16.8 Å². The average Bonchev–Trinajstić information content (AvgIpc) is 2.93. The molecule has 0 fully saturated rings. The molecule has 24 heavy (non-hydrogen) atoms. The van der Waals surface area contributed by atoms with Gasteiger partial charge in [0.25, 0.3) is 5.91 Å². The van der Waals surface area contributed by atoms with Gasteiger partial charge in [0.2, 0.25) is 0 Å². The number of hydrogen-bond acceptors (Lipinski definition) is 2. The second kappa shape index (κ2) is 6.04. The van der Waals surface area contributed by atoms with Crippen LogP contribution in [0.15, 0.2) is 48.5 Å². The molecule has 1 heterocycles. The van der Waals surface area contributed by atoms with E-state index in [0.29, 0.717) is 5.56 Å². The molecule has 0 bridgehead atoms. The smallest absolute Gasteiger partial charge is 0.254 e. The summed E-state index contributed by atoms with van der Waals surface area (Å²) in [5, 5.41) is 3.98. The van der Waals surface area contributed by atoms with Gasteiger partial charge in [0.1, 0.15) is 5.75 Å². The second-order valence-electron chi connectivity index (χ2n) is 6.85. The first kappa shape index (κ1) is 16.1. The van der Waals surface area contributed by atoms with Gasteiger partial charge in [0, 0.05) is 16.4 Å². The van der Waals surface area contributed by atoms with Crippen LogP contribution in [-0.4, -0.2) is 23.5 Å². The topological polar surface area (TPSA) is 54.1 Å². The Kier molecular flexibility index (Phi) is 4.06. The maximum Gasteiger partial charge on any atom is 0.254 e. The molecule has 0 atom stereocenters. The number of methoxy groups -OCH3 is 1. The highest BCUT2D eigenvalue weighted by atomic mass is 16.5. The maximum absolute atomic E-state index is 12.9. The van der Waals surface area contributed by atoms with Gasteiger partial charge >= 0.3 is 0 Å². The maximum atomic E-state index is 12.9. The van der Waals surface area contributed by atoms with E-state index in [-0.39, 0.29) is 11.4 Å². The third-order valence-corrected chi connectivity index (χ3v) is 3.80. The molecule has 0 aliphatic rings. The third kappa shape index (κ3) is 3.13. The van der Waals surface area contributed by atoms with E-state index in [4.69, 9.17) is 4.74 Å². The molecule has 3 rings (SSSR count). The molecule has 4 nitrogen and oxygen atoms in total. The first-order valence-corrected chi connectivity index (χ1v) is 7.97. The van der Waals surface area contributed by atoms with Gasteiger partial charge in [-0.15, -0.1) is 0 Å². The highest BCUT2D eigenvalue weighted by molar-refractivity contribution is 6.12. The summed E-state index contributed by atoms with van der Waals surface area (Å²) in [6.45, 7) is 5.94. The number of aromatic amines is 1. The number of aromatic nitrogens is 1. The van der Waals surface area contributed by atoms with Gasteiger partial charge in [-0.1, -0.05) is 18.2 Å². The van der Waals surface area contributed by atoms with E-state index in [1.807, 2.05) is 69.3 Å². The van der Waals surface area contributed by atoms with Crippen molar-refractivity contribution in [1.82, 2.24) is 10.3 Å². The summed E-state index contributed by atoms with van der Waals surface area (Å²) in [5.41, 5.74) is 3.09. The van der Waals surface area contributed by atoms with Crippen molar-refractivity contribution in [3.05, 3.63) is 54.1 Å². The normalized spacial score (nSPS) is 11.5. The highest BCUT2D eigenvalue weighted by Crippen LogP contribution is 2.31. The second-order valence-corrected chi connectivity index (χ2v) is 6.85. The zero-order valence-electron chi connectivity index (χ0n) is 14.4. The van der Waals surface area contributed by atoms with E-state index < -0.39 is 0 Å². The predicted molar refractivity (Wildman–Crippen MR) is 97.5 cm³/mol. The number of nitrogens with one attached hydrogen (secondary N) is 2. The third-order valence-electron chi connectivity index (χ3n) is 3.80. The van der Waals surface area contributed by atoms with Crippen LogP contribution in [0.3, 0.4) is 0 Å². The molecule has 0 aliphatic heterocycles. The number of amides is 1. The molecular weight excluding hydrogens is 300 g/mol. The monoisotopic (exact) mass is 322 g/mol. The number of carbonyl (C=O) groups is 1. The first-order valence-electron chi connectivity index (χ1n) is 7.97. The summed E-state index contributed by atoms with van der Waals surface area (Å²) < 4.78 is 5.22. The molecule has 3 aromatic rings. The minimum atomic E-state index is -0.299. The summed E-state index contributed by atoms with van der Waals surface area (Å²) in [6.07, 6.45) is 0. The van der Waals surface area contributed by atoms with Crippen molar-refractivity contribution in [3.8, 4) is 17.0 Å². The number of fused-ring (bicyclic) bond motifs is 1. The number of para-hydroxylation sites is 1. The fraction of sp³-hybridized carbons (Fsp3) is 0.250. The molecular formula is C20H22N2O2. The lowest BCUT2D eigenvalue weighted by Crippen LogP contribution is -2.40. The molecule has 0 unspecified atom stereocenters. The number of hydrogen-bond donors (Lipinski definition) is 2. The van der Waals surface area contributed by atoms with Crippen molar-refractivity contribution < 1.29 is 9.53 Å². The van der Waals surface area contributed by atoms with Gasteiger partial charge in [0.05, 0.1) is 18.4 Å². The molecule has 4 heteroatoms. The Balaban J connectivity index is 2.15. The molecule has 2 aromatic carbocycles. The number of H-pyrrole nitrogens is 1. The van der Waals surface area contributed by atoms with Crippen LogP contribution < -0.4 is 10.1 Å². The number of ether oxygens (including phenoxy) is 1. The van der Waals surface area contributed by atoms with Gasteiger partial charge < -0.3 is 15.0 Å². The Morgan fingerprint density at radius 1 is 1.04 bits per heavy atom. The Morgan fingerprint density at radius 3 is 2.33 bits per heavy atom. The van der Waals surface area contributed by atoms with Gasteiger partial charge in [-0.2, -0.15) is 0 Å². The molecule has 1 amide bonds. The van der Waals surface area contributed by atoms with Crippen molar-refractivity contribution in [2.75, 3.05) is 7.11 Å². The lowest BCUT2D eigenvalue weighted by Gasteiger charge is -2.21. The Bertz CT molecular complexity index is 871. The Hall–Kier alpha value is -2.75. The van der Waals surface area contributed by atoms with Crippen molar-refractivity contribution in [2.45, 2.75) is 26.3 Å². The molecule has 124 valence electrons. The quantitative estimate of drug-likeness (QED) is 0.752. The lowest BCUT2D eigenvalue weighted by atomic mass is 10.0. The zero-order chi connectivity index (χ0) is 17.3. The number of rotatable bonds is 3. The van der Waals surface area contributed by atoms with Gasteiger partial charge in [-0.3, -0.25) is 4.79 Å². The zero-order valence-corrected chi connectivity index (χ0v) is 14.4. The van der Waals surface area contributed by atoms with Crippen LogP contribution in [0, 0.1) is 0 Å². The lowest BCUT2D eigenvalue weighted by molar-refractivity contribution is 0.0922. The minimum Gasteiger partial charge on any atom is -0.497 e. The first-order chi connectivity index (χ1) is 11.4. The van der Waals surface area contributed by atoms with E-state index in [1.54, 1.807) is 7.11 Å². The largest absolute Gasteiger partial charge is 0.497 e. The van der Waals surface area contributed by atoms with Crippen LogP contribution in [0.4, 0.5) is 0 Å². The summed E-state index contributed by atoms with van der Waals surface area (Å²) in [6, 6.07) is 15.6. The van der Waals surface area contributed by atoms with Gasteiger partial charge in [-0.25, -0.2) is 0 Å². The summed E-state index contributed by atoms with van der Waals surface area (Å²) in [5.74, 6) is 0.710. The highest BCUT2D eigenvalue weighted by Gasteiger charge is 2.23. The summed E-state index contributed by atoms with van der Waals surface area (Å²) in [7, 11) is 1.64. The van der Waals surface area contributed by atoms with Crippen LogP contribution in [0.2, 0.25) is 0 Å². The van der Waals surface area contributed by atoms with E-state index >= 15 is 0 Å². The van der Waals surface area contributed by atoms with Gasteiger partial charge in [-0.05, 0) is 56.7 Å². The Labute approximate surface area is 141 Å². The van der Waals surface area contributed by atoms with Crippen molar-refractivity contribution in [1.29, 1.82) is 0 Å². The molecule has 0 spiro atoms. The van der Waals surface area contributed by atoms with Crippen LogP contribution in [0.1, 0.15) is 31.1 Å². The minimum absolute atomic E-state index is 0.0780. The molecule has 0 saturated heterocycles. The van der Waals surface area contributed by atoms with Crippen molar-refractivity contribution in [2.24, 2.45) is 0 Å². The van der Waals surface area contributed by atoms with Crippen LogP contribution in [0.5, 0.6) is 5.75 Å². The van der Waals surface area contributed by atoms with E-state index in [0.717, 1.165) is 27.9 Å². The van der Waals surface area contributed by atoms with Gasteiger partial charge in [0.15, 0.2) is 0 Å². The van der Waals surface area contributed by atoms with E-state index in [9.17, 15) is 4.79 Å². The van der Waals surface area contributed by atoms with Crippen LogP contribution in [0.25, 0.3) is 22.2 Å². The van der Waals surface area contributed by atoms with E-state index in [1.165, 1.54) is 0 Å². The molecule has 0 radical (unpaired) electrons. The standard InChI is InChI=1S/C20H22N2O2/c1-20(2,3)22-19(23)17-15-7-5-6-8-16(15)21-18(17)13-9-11-14(24-4)12-10-13/h5-12,21H,1-4H3,(H,22,23). The molecule has 2 N–H and O–H groups in total. The fourth-order valence-electron chi connectivity index (χ4n) is 2.76. The average molecular weight is 322 g/mol. The van der Waals surface area contributed by atoms with Crippen molar-refractivity contribution in [3.63, 3.8) is 0 Å². The number of carbonyl (C=O) groups excluding carboxylic acids is 1. The predicted octanol–water partition coefficient (Wildman–Crippen LogP) is 4.37. The van der Waals surface area contributed by atoms with Crippen LogP contribution >= 0.6 is 0 Å². The Morgan fingerprint density at radius 2 is 1.71 bits per heavy atom. The molecule has 1 aromatic heterocycles. The fourth-order valence-corrected chi connectivity index (χ4v) is 2.76. The SMILES string of the molecule is COc1ccc(-c2[nH]c3ccccc3c2C(=O)NC(C)(C)C)cc1. The molecule has 0 aliphatic carbocycles. The molecule has 0 saturated carbocycles. The number of benzene rings is 2. The van der Waals surface area contributed by atoms with E-state index in [2.05, 4.69) is 10.3 Å². The summed E-state index contributed by atoms with van der Waals surface area (Å²) >= 11 is 0.